The van der Waals surface area contributed by atoms with E-state index in [4.69, 9.17) is 5.11 Å². The molecule has 0 spiro atoms. The number of hydrogen-bond acceptors (Lipinski definition) is 3. The van der Waals surface area contributed by atoms with Gasteiger partial charge in [0.1, 0.15) is 6.54 Å². The summed E-state index contributed by atoms with van der Waals surface area (Å²) in [6, 6.07) is 10.4. The molecule has 0 aliphatic heterocycles. The Morgan fingerprint density at radius 3 is 2.45 bits per heavy atom. The van der Waals surface area contributed by atoms with Crippen LogP contribution in [0.3, 0.4) is 0 Å². The number of carboxylic acid groups (broad SMARTS) is 1. The molecule has 2 aromatic rings. The number of pyridine rings is 1. The first-order chi connectivity index (χ1) is 9.58. The number of nitrogens with zero attached hydrogens (tertiary/aromatic N) is 2. The molecule has 1 amide bonds. The first-order valence-electron chi connectivity index (χ1n) is 6.08. The highest BCUT2D eigenvalue weighted by atomic mass is 16.4. The van der Waals surface area contributed by atoms with Crippen molar-refractivity contribution in [1.82, 2.24) is 4.98 Å². The van der Waals surface area contributed by atoms with E-state index in [-0.39, 0.29) is 5.91 Å². The summed E-state index contributed by atoms with van der Waals surface area (Å²) in [5.74, 6) is -1.45. The van der Waals surface area contributed by atoms with Gasteiger partial charge in [-0.15, -0.1) is 0 Å². The molecule has 1 N–H and O–H groups in total. The second-order valence-electron chi connectivity index (χ2n) is 4.36. The van der Waals surface area contributed by atoms with E-state index in [0.29, 0.717) is 11.3 Å². The van der Waals surface area contributed by atoms with Crippen molar-refractivity contribution < 1.29 is 14.7 Å². The van der Waals surface area contributed by atoms with Gasteiger partial charge in [-0.3, -0.25) is 19.5 Å². The lowest BCUT2D eigenvalue weighted by atomic mass is 10.2. The Balaban J connectivity index is 2.35. The summed E-state index contributed by atoms with van der Waals surface area (Å²) < 4.78 is 0. The fourth-order valence-electron chi connectivity index (χ4n) is 1.79. The van der Waals surface area contributed by atoms with Crippen LogP contribution in [0.2, 0.25) is 0 Å². The maximum Gasteiger partial charge on any atom is 0.323 e. The van der Waals surface area contributed by atoms with Gasteiger partial charge in [-0.25, -0.2) is 0 Å². The summed E-state index contributed by atoms with van der Waals surface area (Å²) in [5, 5.41) is 8.99. The Hall–Kier alpha value is -2.69. The number of carboxylic acids is 1. The van der Waals surface area contributed by atoms with Gasteiger partial charge in [0, 0.05) is 18.1 Å². The number of aliphatic carboxylic acids is 1. The number of carbonyl (C=O) groups excluding carboxylic acids is 1. The predicted octanol–water partition coefficient (Wildman–Crippen LogP) is 2.12. The highest BCUT2D eigenvalue weighted by Crippen LogP contribution is 2.17. The van der Waals surface area contributed by atoms with Gasteiger partial charge >= 0.3 is 5.97 Å². The third-order valence-electron chi connectivity index (χ3n) is 2.79. The van der Waals surface area contributed by atoms with Crippen LogP contribution in [0.1, 0.15) is 15.9 Å². The molecule has 0 fully saturated rings. The van der Waals surface area contributed by atoms with E-state index in [9.17, 15) is 9.59 Å². The van der Waals surface area contributed by atoms with E-state index in [1.54, 1.807) is 30.5 Å². The van der Waals surface area contributed by atoms with Gasteiger partial charge < -0.3 is 5.11 Å². The first kappa shape index (κ1) is 13.7. The third kappa shape index (κ3) is 3.20. The molecule has 5 heteroatoms. The zero-order valence-electron chi connectivity index (χ0n) is 11.0. The molecule has 1 aromatic carbocycles. The van der Waals surface area contributed by atoms with Crippen molar-refractivity contribution in [3.63, 3.8) is 0 Å². The van der Waals surface area contributed by atoms with Gasteiger partial charge in [-0.05, 0) is 31.2 Å². The number of aryl methyl sites for hydroxylation is 1. The monoisotopic (exact) mass is 270 g/mol. The Morgan fingerprint density at radius 1 is 1.20 bits per heavy atom. The minimum atomic E-state index is -1.07. The van der Waals surface area contributed by atoms with E-state index in [1.807, 2.05) is 19.1 Å². The molecule has 0 saturated carbocycles. The highest BCUT2D eigenvalue weighted by Gasteiger charge is 2.20. The maximum atomic E-state index is 12.4. The van der Waals surface area contributed by atoms with Crippen LogP contribution in [0.5, 0.6) is 0 Å². The molecule has 0 radical (unpaired) electrons. The number of carbonyl (C=O) groups is 2. The predicted molar refractivity (Wildman–Crippen MR) is 74.7 cm³/mol. The smallest absolute Gasteiger partial charge is 0.323 e. The maximum absolute atomic E-state index is 12.4. The van der Waals surface area contributed by atoms with Crippen molar-refractivity contribution in [2.45, 2.75) is 6.92 Å². The fraction of sp³-hybridized carbons (Fsp3) is 0.133. The van der Waals surface area contributed by atoms with E-state index in [1.165, 1.54) is 11.1 Å². The zero-order chi connectivity index (χ0) is 14.5. The number of hydrogen-bond donors (Lipinski definition) is 1. The van der Waals surface area contributed by atoms with Crippen LogP contribution in [-0.2, 0) is 4.79 Å². The quantitative estimate of drug-likeness (QED) is 0.923. The lowest BCUT2D eigenvalue weighted by molar-refractivity contribution is -0.135. The third-order valence-corrected chi connectivity index (χ3v) is 2.79. The lowest BCUT2D eigenvalue weighted by Gasteiger charge is -2.21. The van der Waals surface area contributed by atoms with Crippen LogP contribution in [-0.4, -0.2) is 28.5 Å². The van der Waals surface area contributed by atoms with Crippen LogP contribution in [0.4, 0.5) is 5.69 Å². The van der Waals surface area contributed by atoms with Crippen LogP contribution in [0, 0.1) is 6.92 Å². The summed E-state index contributed by atoms with van der Waals surface area (Å²) >= 11 is 0. The van der Waals surface area contributed by atoms with E-state index >= 15 is 0 Å². The minimum Gasteiger partial charge on any atom is -0.480 e. The number of amides is 1. The molecule has 0 aliphatic carbocycles. The molecule has 1 aromatic heterocycles. The zero-order valence-corrected chi connectivity index (χ0v) is 11.0. The van der Waals surface area contributed by atoms with E-state index in [0.717, 1.165) is 5.56 Å². The number of anilines is 1. The summed E-state index contributed by atoms with van der Waals surface area (Å²) in [5.41, 5.74) is 1.94. The average molecular weight is 270 g/mol. The van der Waals surface area contributed by atoms with Crippen molar-refractivity contribution in [2.75, 3.05) is 11.4 Å². The normalized spacial score (nSPS) is 10.1. The van der Waals surface area contributed by atoms with Gasteiger partial charge in [-0.1, -0.05) is 17.7 Å². The Bertz CT molecular complexity index is 609. The van der Waals surface area contributed by atoms with E-state index in [2.05, 4.69) is 4.98 Å². The second-order valence-corrected chi connectivity index (χ2v) is 4.36. The fourth-order valence-corrected chi connectivity index (χ4v) is 1.79. The molecule has 0 unspecified atom stereocenters. The summed E-state index contributed by atoms with van der Waals surface area (Å²) in [7, 11) is 0. The highest BCUT2D eigenvalue weighted by molar-refractivity contribution is 6.07. The Labute approximate surface area is 116 Å². The number of rotatable bonds is 4. The average Bonchev–Trinajstić information content (AvgIpc) is 2.46. The molecule has 0 atom stereocenters. The molecule has 102 valence electrons. The van der Waals surface area contributed by atoms with Crippen LogP contribution in [0.15, 0.2) is 48.8 Å². The molecule has 5 nitrogen and oxygen atoms in total. The topological polar surface area (TPSA) is 70.5 Å². The Kier molecular flexibility index (Phi) is 4.10. The van der Waals surface area contributed by atoms with Gasteiger partial charge in [-0.2, -0.15) is 0 Å². The molecule has 0 saturated heterocycles. The molecule has 0 aliphatic rings. The lowest BCUT2D eigenvalue weighted by Crippen LogP contribution is -2.35. The molecular weight excluding hydrogens is 256 g/mol. The second kappa shape index (κ2) is 5.97. The van der Waals surface area contributed by atoms with Gasteiger partial charge in [0.2, 0.25) is 0 Å². The van der Waals surface area contributed by atoms with Crippen molar-refractivity contribution in [1.29, 1.82) is 0 Å². The van der Waals surface area contributed by atoms with Crippen LogP contribution < -0.4 is 4.90 Å². The van der Waals surface area contributed by atoms with E-state index < -0.39 is 12.5 Å². The summed E-state index contributed by atoms with van der Waals surface area (Å²) in [6.07, 6.45) is 2.98. The van der Waals surface area contributed by atoms with Crippen molar-refractivity contribution in [2.24, 2.45) is 0 Å². The standard InChI is InChI=1S/C15H14N2O3/c1-11-4-6-13(7-5-11)17(10-14(18)19)15(20)12-3-2-8-16-9-12/h2-9H,10H2,1H3,(H,18,19). The van der Waals surface area contributed by atoms with Crippen molar-refractivity contribution >= 4 is 17.6 Å². The van der Waals surface area contributed by atoms with Crippen molar-refractivity contribution in [3.05, 3.63) is 59.9 Å². The molecule has 2 rings (SSSR count). The van der Waals surface area contributed by atoms with Gasteiger partial charge in [0.25, 0.3) is 5.91 Å². The molecular formula is C15H14N2O3. The first-order valence-corrected chi connectivity index (χ1v) is 6.08. The molecule has 0 bridgehead atoms. The summed E-state index contributed by atoms with van der Waals surface area (Å²) in [6.45, 7) is 1.53. The van der Waals surface area contributed by atoms with Gasteiger partial charge in [0.15, 0.2) is 0 Å². The minimum absolute atomic E-state index is 0.356. The number of aromatic nitrogens is 1. The molecule has 1 heterocycles. The van der Waals surface area contributed by atoms with Crippen molar-refractivity contribution in [3.8, 4) is 0 Å². The SMILES string of the molecule is Cc1ccc(N(CC(=O)O)C(=O)c2cccnc2)cc1. The Morgan fingerprint density at radius 2 is 1.90 bits per heavy atom. The molecule has 20 heavy (non-hydrogen) atoms. The largest absolute Gasteiger partial charge is 0.480 e. The van der Waals surface area contributed by atoms with Crippen LogP contribution >= 0.6 is 0 Å². The van der Waals surface area contributed by atoms with Crippen LogP contribution in [0.25, 0.3) is 0 Å². The number of benzene rings is 1. The summed E-state index contributed by atoms with van der Waals surface area (Å²) in [4.78, 5) is 28.5. The van der Waals surface area contributed by atoms with Gasteiger partial charge in [0.05, 0.1) is 5.56 Å².